The van der Waals surface area contributed by atoms with Crippen molar-refractivity contribution >= 4 is 11.8 Å². The Morgan fingerprint density at radius 3 is 2.35 bits per heavy atom. The highest BCUT2D eigenvalue weighted by atomic mass is 16.5. The van der Waals surface area contributed by atoms with Crippen LogP contribution < -0.4 is 15.4 Å². The summed E-state index contributed by atoms with van der Waals surface area (Å²) in [5.41, 5.74) is 0.998. The van der Waals surface area contributed by atoms with Gasteiger partial charge in [0.25, 0.3) is 0 Å². The van der Waals surface area contributed by atoms with Crippen LogP contribution in [0.4, 0.5) is 0 Å². The predicted octanol–water partition coefficient (Wildman–Crippen LogP) is 1.16. The number of hydrogen-bond donors (Lipinski definition) is 2. The third-order valence-corrected chi connectivity index (χ3v) is 3.68. The molecule has 128 valence electrons. The molecular formula is C17H27N3O3. The van der Waals surface area contributed by atoms with Gasteiger partial charge in [-0.3, -0.25) is 14.5 Å². The van der Waals surface area contributed by atoms with E-state index in [9.17, 15) is 9.59 Å². The summed E-state index contributed by atoms with van der Waals surface area (Å²) < 4.78 is 5.10. The van der Waals surface area contributed by atoms with E-state index in [1.54, 1.807) is 7.11 Å². The van der Waals surface area contributed by atoms with Gasteiger partial charge in [-0.2, -0.15) is 0 Å². The van der Waals surface area contributed by atoms with Crippen molar-refractivity contribution in [1.29, 1.82) is 0 Å². The van der Waals surface area contributed by atoms with Gasteiger partial charge in [0.05, 0.1) is 19.7 Å². The van der Waals surface area contributed by atoms with Gasteiger partial charge in [-0.15, -0.1) is 0 Å². The Bertz CT molecular complexity index is 502. The minimum Gasteiger partial charge on any atom is -0.497 e. The molecule has 1 rings (SSSR count). The number of methoxy groups -OCH3 is 1. The lowest BCUT2D eigenvalue weighted by Gasteiger charge is -2.26. The topological polar surface area (TPSA) is 70.7 Å². The molecule has 23 heavy (non-hydrogen) atoms. The van der Waals surface area contributed by atoms with Gasteiger partial charge in [0.1, 0.15) is 5.75 Å². The number of carbonyl (C=O) groups excluding carboxylic acids is 2. The minimum atomic E-state index is -0.360. The summed E-state index contributed by atoms with van der Waals surface area (Å²) in [7, 11) is 1.62. The fourth-order valence-corrected chi connectivity index (χ4v) is 2.21. The average molecular weight is 321 g/mol. The SMILES string of the molecule is CCNC(=O)CN(CC)[C@@H](C)C(=O)NCc1ccc(OC)cc1. The normalized spacial score (nSPS) is 11.9. The highest BCUT2D eigenvalue weighted by molar-refractivity contribution is 5.83. The quantitative estimate of drug-likeness (QED) is 0.716. The molecule has 6 nitrogen and oxygen atoms in total. The summed E-state index contributed by atoms with van der Waals surface area (Å²) >= 11 is 0. The molecule has 2 amide bonds. The molecular weight excluding hydrogens is 294 g/mol. The van der Waals surface area contributed by atoms with Gasteiger partial charge < -0.3 is 15.4 Å². The molecule has 0 bridgehead atoms. The fourth-order valence-electron chi connectivity index (χ4n) is 2.21. The summed E-state index contributed by atoms with van der Waals surface area (Å²) in [6.07, 6.45) is 0. The molecule has 0 unspecified atom stereocenters. The maximum atomic E-state index is 12.3. The number of nitrogens with zero attached hydrogens (tertiary/aromatic N) is 1. The Kier molecular flexibility index (Phi) is 8.11. The highest BCUT2D eigenvalue weighted by Gasteiger charge is 2.21. The smallest absolute Gasteiger partial charge is 0.237 e. The molecule has 0 saturated carbocycles. The standard InChI is InChI=1S/C17H27N3O3/c1-5-18-16(21)12-20(6-2)13(3)17(22)19-11-14-7-9-15(23-4)10-8-14/h7-10,13H,5-6,11-12H2,1-4H3,(H,18,21)(H,19,22)/t13-/m0/s1. The van der Waals surface area contributed by atoms with Gasteiger partial charge in [0, 0.05) is 13.1 Å². The molecule has 0 aromatic heterocycles. The van der Waals surface area contributed by atoms with Gasteiger partial charge in [-0.05, 0) is 38.1 Å². The molecule has 0 radical (unpaired) electrons. The lowest BCUT2D eigenvalue weighted by molar-refractivity contribution is -0.128. The largest absolute Gasteiger partial charge is 0.497 e. The number of nitrogens with one attached hydrogen (secondary N) is 2. The Balaban J connectivity index is 2.51. The maximum absolute atomic E-state index is 12.3. The second kappa shape index (κ2) is 9.84. The fraction of sp³-hybridized carbons (Fsp3) is 0.529. The predicted molar refractivity (Wildman–Crippen MR) is 90.2 cm³/mol. The zero-order valence-electron chi connectivity index (χ0n) is 14.4. The average Bonchev–Trinajstić information content (AvgIpc) is 2.57. The summed E-state index contributed by atoms with van der Waals surface area (Å²) in [6.45, 7) is 7.52. The first-order valence-corrected chi connectivity index (χ1v) is 7.93. The number of benzene rings is 1. The second-order valence-corrected chi connectivity index (χ2v) is 5.26. The number of likely N-dealkylation sites (N-methyl/N-ethyl adjacent to an activating group) is 2. The highest BCUT2D eigenvalue weighted by Crippen LogP contribution is 2.11. The van der Waals surface area contributed by atoms with E-state index < -0.39 is 0 Å². The molecule has 2 N–H and O–H groups in total. The molecule has 0 spiro atoms. The molecule has 1 atom stereocenters. The Morgan fingerprint density at radius 2 is 1.83 bits per heavy atom. The van der Waals surface area contributed by atoms with Gasteiger partial charge in [0.15, 0.2) is 0 Å². The van der Waals surface area contributed by atoms with Crippen molar-refractivity contribution in [2.24, 2.45) is 0 Å². The monoisotopic (exact) mass is 321 g/mol. The van der Waals surface area contributed by atoms with Crippen LogP contribution in [0.5, 0.6) is 5.75 Å². The van der Waals surface area contributed by atoms with E-state index in [4.69, 9.17) is 4.74 Å². The number of ether oxygens (including phenoxy) is 1. The van der Waals surface area contributed by atoms with Crippen LogP contribution in [0.25, 0.3) is 0 Å². The van der Waals surface area contributed by atoms with Crippen LogP contribution in [-0.4, -0.2) is 49.5 Å². The first-order chi connectivity index (χ1) is 11.0. The van der Waals surface area contributed by atoms with E-state index in [1.165, 1.54) is 0 Å². The van der Waals surface area contributed by atoms with Crippen LogP contribution in [-0.2, 0) is 16.1 Å². The Labute approximate surface area is 138 Å². The van der Waals surface area contributed by atoms with Crippen LogP contribution >= 0.6 is 0 Å². The molecule has 0 saturated heterocycles. The van der Waals surface area contributed by atoms with E-state index in [2.05, 4.69) is 10.6 Å². The molecule has 0 aliphatic rings. The van der Waals surface area contributed by atoms with Crippen molar-refractivity contribution in [2.75, 3.05) is 26.7 Å². The molecule has 0 fully saturated rings. The summed E-state index contributed by atoms with van der Waals surface area (Å²) in [5.74, 6) is 0.628. The van der Waals surface area contributed by atoms with Crippen molar-refractivity contribution in [3.63, 3.8) is 0 Å². The third-order valence-electron chi connectivity index (χ3n) is 3.68. The van der Waals surface area contributed by atoms with Gasteiger partial charge in [0.2, 0.25) is 11.8 Å². The van der Waals surface area contributed by atoms with Crippen LogP contribution in [0.2, 0.25) is 0 Å². The third kappa shape index (κ3) is 6.28. The van der Waals surface area contributed by atoms with E-state index >= 15 is 0 Å². The zero-order chi connectivity index (χ0) is 17.2. The second-order valence-electron chi connectivity index (χ2n) is 5.26. The lowest BCUT2D eigenvalue weighted by Crippen LogP contribution is -2.48. The molecule has 1 aromatic carbocycles. The van der Waals surface area contributed by atoms with E-state index in [0.29, 0.717) is 19.6 Å². The summed E-state index contributed by atoms with van der Waals surface area (Å²) in [6, 6.07) is 7.18. The maximum Gasteiger partial charge on any atom is 0.237 e. The van der Waals surface area contributed by atoms with Gasteiger partial charge >= 0.3 is 0 Å². The molecule has 1 aromatic rings. The van der Waals surface area contributed by atoms with Gasteiger partial charge in [-0.1, -0.05) is 19.1 Å². The van der Waals surface area contributed by atoms with Crippen LogP contribution in [0.3, 0.4) is 0 Å². The van der Waals surface area contributed by atoms with Gasteiger partial charge in [-0.25, -0.2) is 0 Å². The lowest BCUT2D eigenvalue weighted by atomic mass is 10.2. The van der Waals surface area contributed by atoms with Crippen LogP contribution in [0.15, 0.2) is 24.3 Å². The number of rotatable bonds is 9. The molecule has 0 aliphatic heterocycles. The van der Waals surface area contributed by atoms with Crippen molar-refractivity contribution in [1.82, 2.24) is 15.5 Å². The molecule has 0 heterocycles. The van der Waals surface area contributed by atoms with Crippen LogP contribution in [0, 0.1) is 0 Å². The Hall–Kier alpha value is -2.08. The first kappa shape index (κ1) is 19.0. The van der Waals surface area contributed by atoms with E-state index in [1.807, 2.05) is 49.9 Å². The van der Waals surface area contributed by atoms with Crippen molar-refractivity contribution < 1.29 is 14.3 Å². The summed E-state index contributed by atoms with van der Waals surface area (Å²) in [5, 5.41) is 5.65. The zero-order valence-corrected chi connectivity index (χ0v) is 14.4. The molecule has 6 heteroatoms. The van der Waals surface area contributed by atoms with E-state index in [-0.39, 0.29) is 24.4 Å². The minimum absolute atomic E-state index is 0.0656. The number of hydrogen-bond acceptors (Lipinski definition) is 4. The van der Waals surface area contributed by atoms with Crippen molar-refractivity contribution in [3.8, 4) is 5.75 Å². The summed E-state index contributed by atoms with van der Waals surface area (Å²) in [4.78, 5) is 25.8. The van der Waals surface area contributed by atoms with E-state index in [0.717, 1.165) is 11.3 Å². The van der Waals surface area contributed by atoms with Crippen molar-refractivity contribution in [2.45, 2.75) is 33.4 Å². The first-order valence-electron chi connectivity index (χ1n) is 7.93. The Morgan fingerprint density at radius 1 is 1.17 bits per heavy atom. The van der Waals surface area contributed by atoms with Crippen molar-refractivity contribution in [3.05, 3.63) is 29.8 Å². The van der Waals surface area contributed by atoms with Crippen LogP contribution in [0.1, 0.15) is 26.3 Å². The number of carbonyl (C=O) groups is 2. The molecule has 0 aliphatic carbocycles. The number of amides is 2.